The van der Waals surface area contributed by atoms with E-state index in [1.165, 1.54) is 19.0 Å². The van der Waals surface area contributed by atoms with Gasteiger partial charge in [0, 0.05) is 19.3 Å². The summed E-state index contributed by atoms with van der Waals surface area (Å²) in [6.07, 6.45) is 4.04. The number of rotatable bonds is 4. The molecule has 0 saturated carbocycles. The van der Waals surface area contributed by atoms with Gasteiger partial charge in [0.05, 0.1) is 5.56 Å². The van der Waals surface area contributed by atoms with Crippen LogP contribution in [0, 0.1) is 0 Å². The zero-order chi connectivity index (χ0) is 12.1. The molecule has 0 atom stereocenters. The topological polar surface area (TPSA) is 45.2 Å². The first kappa shape index (κ1) is 12.3. The first-order valence-corrected chi connectivity index (χ1v) is 6.25. The number of aromatic nitrogens is 1. The van der Waals surface area contributed by atoms with E-state index in [0.717, 1.165) is 19.6 Å². The summed E-state index contributed by atoms with van der Waals surface area (Å²) in [4.78, 5) is 18.0. The standard InChI is InChI=1S/C12H16ClN3O/c13-11-4-3-10(9-15-11)12(17)14-5-8-16-6-1-2-7-16/h3-4,9H,1-2,5-8H2,(H,14,17). The summed E-state index contributed by atoms with van der Waals surface area (Å²) >= 11 is 5.66. The molecule has 1 fully saturated rings. The van der Waals surface area contributed by atoms with Gasteiger partial charge in [0.15, 0.2) is 0 Å². The van der Waals surface area contributed by atoms with Crippen molar-refractivity contribution >= 4 is 17.5 Å². The van der Waals surface area contributed by atoms with E-state index in [9.17, 15) is 4.79 Å². The SMILES string of the molecule is O=C(NCCN1CCCC1)c1ccc(Cl)nc1. The summed E-state index contributed by atoms with van der Waals surface area (Å²) in [6, 6.07) is 3.30. The highest BCUT2D eigenvalue weighted by molar-refractivity contribution is 6.29. The number of carbonyl (C=O) groups excluding carboxylic acids is 1. The van der Waals surface area contributed by atoms with Crippen molar-refractivity contribution in [3.63, 3.8) is 0 Å². The second-order valence-electron chi connectivity index (χ2n) is 4.17. The number of hydrogen-bond donors (Lipinski definition) is 1. The molecular formula is C12H16ClN3O. The second-order valence-corrected chi connectivity index (χ2v) is 4.56. The number of amides is 1. The highest BCUT2D eigenvalue weighted by Crippen LogP contribution is 2.06. The van der Waals surface area contributed by atoms with Gasteiger partial charge < -0.3 is 10.2 Å². The lowest BCUT2D eigenvalue weighted by Crippen LogP contribution is -2.33. The fourth-order valence-corrected chi connectivity index (χ4v) is 2.06. The van der Waals surface area contributed by atoms with Crippen molar-refractivity contribution in [1.29, 1.82) is 0 Å². The van der Waals surface area contributed by atoms with Gasteiger partial charge in [-0.25, -0.2) is 4.98 Å². The van der Waals surface area contributed by atoms with Gasteiger partial charge in [-0.1, -0.05) is 11.6 Å². The van der Waals surface area contributed by atoms with Crippen molar-refractivity contribution in [2.45, 2.75) is 12.8 Å². The number of halogens is 1. The van der Waals surface area contributed by atoms with E-state index in [0.29, 0.717) is 17.3 Å². The van der Waals surface area contributed by atoms with E-state index < -0.39 is 0 Å². The quantitative estimate of drug-likeness (QED) is 0.829. The average Bonchev–Trinajstić information content (AvgIpc) is 2.83. The van der Waals surface area contributed by atoms with E-state index in [1.807, 2.05) is 0 Å². The fourth-order valence-electron chi connectivity index (χ4n) is 1.95. The van der Waals surface area contributed by atoms with Crippen LogP contribution in [0.1, 0.15) is 23.2 Å². The predicted octanol–water partition coefficient (Wildman–Crippen LogP) is 1.56. The van der Waals surface area contributed by atoms with Crippen LogP contribution in [0.3, 0.4) is 0 Å². The lowest BCUT2D eigenvalue weighted by atomic mass is 10.3. The van der Waals surface area contributed by atoms with Crippen LogP contribution >= 0.6 is 11.6 Å². The Kier molecular flexibility index (Phi) is 4.34. The van der Waals surface area contributed by atoms with Gasteiger partial charge in [-0.05, 0) is 38.1 Å². The third kappa shape index (κ3) is 3.68. The first-order valence-electron chi connectivity index (χ1n) is 5.88. The Bertz CT molecular complexity index is 374. The highest BCUT2D eigenvalue weighted by Gasteiger charge is 2.11. The van der Waals surface area contributed by atoms with Crippen molar-refractivity contribution in [2.24, 2.45) is 0 Å². The van der Waals surface area contributed by atoms with Crippen molar-refractivity contribution in [1.82, 2.24) is 15.2 Å². The van der Waals surface area contributed by atoms with Crippen LogP contribution in [-0.4, -0.2) is 42.0 Å². The largest absolute Gasteiger partial charge is 0.351 e. The van der Waals surface area contributed by atoms with Gasteiger partial charge in [0.2, 0.25) is 0 Å². The van der Waals surface area contributed by atoms with E-state index >= 15 is 0 Å². The van der Waals surface area contributed by atoms with E-state index in [2.05, 4.69) is 15.2 Å². The zero-order valence-electron chi connectivity index (χ0n) is 9.66. The third-order valence-corrected chi connectivity index (χ3v) is 3.13. The van der Waals surface area contributed by atoms with Crippen molar-refractivity contribution < 1.29 is 4.79 Å². The molecule has 0 unspecified atom stereocenters. The molecule has 0 aliphatic carbocycles. The molecule has 92 valence electrons. The van der Waals surface area contributed by atoms with Crippen molar-refractivity contribution in [3.05, 3.63) is 29.0 Å². The average molecular weight is 254 g/mol. The molecule has 2 heterocycles. The molecule has 1 aliphatic heterocycles. The molecule has 0 radical (unpaired) electrons. The number of nitrogens with one attached hydrogen (secondary N) is 1. The normalized spacial score (nSPS) is 16.1. The van der Waals surface area contributed by atoms with Gasteiger partial charge in [-0.2, -0.15) is 0 Å². The molecule has 5 heteroatoms. The number of carbonyl (C=O) groups is 1. The smallest absolute Gasteiger partial charge is 0.252 e. The summed E-state index contributed by atoms with van der Waals surface area (Å²) in [5.41, 5.74) is 0.552. The van der Waals surface area contributed by atoms with Crippen LogP contribution in [0.4, 0.5) is 0 Å². The molecule has 4 nitrogen and oxygen atoms in total. The maximum Gasteiger partial charge on any atom is 0.252 e. The lowest BCUT2D eigenvalue weighted by molar-refractivity contribution is 0.0949. The Morgan fingerprint density at radius 2 is 2.18 bits per heavy atom. The summed E-state index contributed by atoms with van der Waals surface area (Å²) in [7, 11) is 0. The Morgan fingerprint density at radius 3 is 2.82 bits per heavy atom. The maximum atomic E-state index is 11.7. The lowest BCUT2D eigenvalue weighted by Gasteiger charge is -2.14. The van der Waals surface area contributed by atoms with E-state index in [1.54, 1.807) is 12.1 Å². The van der Waals surface area contributed by atoms with Crippen LogP contribution in [0.5, 0.6) is 0 Å². The second kappa shape index (κ2) is 5.98. The summed E-state index contributed by atoms with van der Waals surface area (Å²) < 4.78 is 0. The molecule has 1 aliphatic rings. The minimum atomic E-state index is -0.0895. The molecule has 0 bridgehead atoms. The molecule has 1 amide bonds. The van der Waals surface area contributed by atoms with Crippen molar-refractivity contribution in [2.75, 3.05) is 26.2 Å². The van der Waals surface area contributed by atoms with Gasteiger partial charge in [-0.15, -0.1) is 0 Å². The van der Waals surface area contributed by atoms with Gasteiger partial charge in [0.25, 0.3) is 5.91 Å². The van der Waals surface area contributed by atoms with Gasteiger partial charge >= 0.3 is 0 Å². The zero-order valence-corrected chi connectivity index (χ0v) is 10.4. The molecule has 0 spiro atoms. The number of nitrogens with zero attached hydrogens (tertiary/aromatic N) is 2. The van der Waals surface area contributed by atoms with Crippen LogP contribution < -0.4 is 5.32 Å². The molecule has 2 rings (SSSR count). The molecule has 1 saturated heterocycles. The number of hydrogen-bond acceptors (Lipinski definition) is 3. The van der Waals surface area contributed by atoms with Crippen molar-refractivity contribution in [3.8, 4) is 0 Å². The highest BCUT2D eigenvalue weighted by atomic mass is 35.5. The third-order valence-electron chi connectivity index (χ3n) is 2.90. The van der Waals surface area contributed by atoms with Crippen LogP contribution in [0.15, 0.2) is 18.3 Å². The maximum absolute atomic E-state index is 11.7. The summed E-state index contributed by atoms with van der Waals surface area (Å²) in [6.45, 7) is 3.91. The number of pyridine rings is 1. The Morgan fingerprint density at radius 1 is 1.41 bits per heavy atom. The monoisotopic (exact) mass is 253 g/mol. The fraction of sp³-hybridized carbons (Fsp3) is 0.500. The van der Waals surface area contributed by atoms with Gasteiger partial charge in [-0.3, -0.25) is 4.79 Å². The molecule has 1 aromatic rings. The van der Waals surface area contributed by atoms with Crippen LogP contribution in [0.25, 0.3) is 0 Å². The minimum absolute atomic E-state index is 0.0895. The Labute approximate surface area is 106 Å². The molecule has 0 aromatic carbocycles. The predicted molar refractivity (Wildman–Crippen MR) is 67.3 cm³/mol. The van der Waals surface area contributed by atoms with Crippen LogP contribution in [0.2, 0.25) is 5.15 Å². The minimum Gasteiger partial charge on any atom is -0.351 e. The summed E-state index contributed by atoms with van der Waals surface area (Å²) in [5, 5.41) is 3.28. The molecule has 1 aromatic heterocycles. The molecule has 17 heavy (non-hydrogen) atoms. The van der Waals surface area contributed by atoms with E-state index in [-0.39, 0.29) is 5.91 Å². The van der Waals surface area contributed by atoms with E-state index in [4.69, 9.17) is 11.6 Å². The number of likely N-dealkylation sites (tertiary alicyclic amines) is 1. The van der Waals surface area contributed by atoms with Gasteiger partial charge in [0.1, 0.15) is 5.15 Å². The first-order chi connectivity index (χ1) is 8.25. The molecular weight excluding hydrogens is 238 g/mol. The Hall–Kier alpha value is -1.13. The summed E-state index contributed by atoms with van der Waals surface area (Å²) in [5.74, 6) is -0.0895. The molecule has 1 N–H and O–H groups in total. The van der Waals surface area contributed by atoms with Crippen LogP contribution in [-0.2, 0) is 0 Å². The Balaban J connectivity index is 1.75.